The fourth-order valence-corrected chi connectivity index (χ4v) is 6.19. The Hall–Kier alpha value is -5.86. The SMILES string of the molecule is C=CC.CN(c1ccc(N(c2ccc3ccccc3c2)c2ccc3ccccc3c2)cc1)c1ccc2cc3ccccc3cc2c1. The van der Waals surface area contributed by atoms with Gasteiger partial charge in [0.1, 0.15) is 0 Å². The van der Waals surface area contributed by atoms with Gasteiger partial charge in [-0.15, -0.1) is 6.58 Å². The number of hydrogen-bond acceptors (Lipinski definition) is 2. The molecule has 0 spiro atoms. The zero-order valence-corrected chi connectivity index (χ0v) is 26.3. The van der Waals surface area contributed by atoms with E-state index >= 15 is 0 Å². The van der Waals surface area contributed by atoms with Gasteiger partial charge in [-0.25, -0.2) is 0 Å². The standard InChI is InChI=1S/C41H30N2.C3H6/c1-42(39-17-16-35-24-31-10-6-7-11-32(31)25-36(35)28-39)37-20-22-38(23-21-37)43(40-18-14-29-8-2-4-12-33(29)26-40)41-19-15-30-9-3-5-13-34(30)27-41;1-3-2/h2-28H,1H3;3H,1H2,2H3. The molecule has 0 bridgehead atoms. The molecule has 0 N–H and O–H groups in total. The molecule has 0 atom stereocenters. The summed E-state index contributed by atoms with van der Waals surface area (Å²) in [5.41, 5.74) is 5.69. The Morgan fingerprint density at radius 2 is 0.696 bits per heavy atom. The largest absolute Gasteiger partial charge is 0.345 e. The molecule has 8 aromatic rings. The van der Waals surface area contributed by atoms with E-state index in [0.29, 0.717) is 0 Å². The first-order valence-corrected chi connectivity index (χ1v) is 15.7. The number of fused-ring (bicyclic) bond motifs is 4. The molecule has 0 aliphatic carbocycles. The first-order chi connectivity index (χ1) is 22.6. The first-order valence-electron chi connectivity index (χ1n) is 15.7. The Morgan fingerprint density at radius 1 is 0.370 bits per heavy atom. The molecule has 0 amide bonds. The summed E-state index contributed by atoms with van der Waals surface area (Å²) < 4.78 is 0. The number of anilines is 5. The van der Waals surface area contributed by atoms with Gasteiger partial charge in [-0.3, -0.25) is 0 Å². The predicted octanol–water partition coefficient (Wildman–Crippen LogP) is 12.7. The number of rotatable bonds is 5. The smallest absolute Gasteiger partial charge is 0.0468 e. The third kappa shape index (κ3) is 5.69. The molecule has 0 aliphatic rings. The second-order valence-electron chi connectivity index (χ2n) is 11.6. The lowest BCUT2D eigenvalue weighted by Crippen LogP contribution is -2.12. The molecule has 0 heterocycles. The zero-order chi connectivity index (χ0) is 31.5. The fourth-order valence-electron chi connectivity index (χ4n) is 6.19. The summed E-state index contributed by atoms with van der Waals surface area (Å²) in [7, 11) is 2.14. The third-order valence-electron chi connectivity index (χ3n) is 8.55. The van der Waals surface area contributed by atoms with Crippen molar-refractivity contribution in [1.29, 1.82) is 0 Å². The van der Waals surface area contributed by atoms with Gasteiger partial charge >= 0.3 is 0 Å². The van der Waals surface area contributed by atoms with Crippen molar-refractivity contribution in [2.24, 2.45) is 0 Å². The van der Waals surface area contributed by atoms with Gasteiger partial charge in [0.25, 0.3) is 0 Å². The number of benzene rings is 8. The van der Waals surface area contributed by atoms with Crippen molar-refractivity contribution in [2.75, 3.05) is 16.8 Å². The van der Waals surface area contributed by atoms with Gasteiger partial charge in [0.15, 0.2) is 0 Å². The van der Waals surface area contributed by atoms with Crippen LogP contribution < -0.4 is 9.80 Å². The van der Waals surface area contributed by atoms with E-state index in [4.69, 9.17) is 0 Å². The highest BCUT2D eigenvalue weighted by atomic mass is 15.1. The number of nitrogens with zero attached hydrogens (tertiary/aromatic N) is 2. The van der Waals surface area contributed by atoms with Crippen LogP contribution in [0.15, 0.2) is 176 Å². The minimum atomic E-state index is 1.12. The molecule has 0 unspecified atom stereocenters. The van der Waals surface area contributed by atoms with Crippen LogP contribution in [-0.2, 0) is 0 Å². The van der Waals surface area contributed by atoms with E-state index in [1.54, 1.807) is 6.08 Å². The lowest BCUT2D eigenvalue weighted by atomic mass is 10.0. The lowest BCUT2D eigenvalue weighted by molar-refractivity contribution is 1.21. The average Bonchev–Trinajstić information content (AvgIpc) is 3.11. The van der Waals surface area contributed by atoms with Crippen LogP contribution in [0.25, 0.3) is 43.1 Å². The zero-order valence-electron chi connectivity index (χ0n) is 26.3. The fraction of sp³-hybridized carbons (Fsp3) is 0.0455. The molecule has 222 valence electrons. The van der Waals surface area contributed by atoms with Crippen LogP contribution in [0.4, 0.5) is 28.4 Å². The van der Waals surface area contributed by atoms with Gasteiger partial charge in [0.2, 0.25) is 0 Å². The van der Waals surface area contributed by atoms with Gasteiger partial charge in [-0.05, 0) is 123 Å². The third-order valence-corrected chi connectivity index (χ3v) is 8.55. The van der Waals surface area contributed by atoms with E-state index in [1.165, 1.54) is 43.1 Å². The van der Waals surface area contributed by atoms with Crippen LogP contribution >= 0.6 is 0 Å². The van der Waals surface area contributed by atoms with Crippen molar-refractivity contribution >= 4 is 71.5 Å². The van der Waals surface area contributed by atoms with E-state index in [2.05, 4.69) is 187 Å². The van der Waals surface area contributed by atoms with Crippen molar-refractivity contribution in [3.8, 4) is 0 Å². The second-order valence-corrected chi connectivity index (χ2v) is 11.6. The Bertz CT molecular complexity index is 2240. The molecule has 8 aromatic carbocycles. The molecule has 0 saturated heterocycles. The molecule has 0 fully saturated rings. The maximum atomic E-state index is 3.36. The van der Waals surface area contributed by atoms with Crippen molar-refractivity contribution in [2.45, 2.75) is 6.92 Å². The van der Waals surface area contributed by atoms with Gasteiger partial charge in [-0.2, -0.15) is 0 Å². The van der Waals surface area contributed by atoms with E-state index in [1.807, 2.05) is 6.92 Å². The molecule has 0 radical (unpaired) electrons. The summed E-state index contributed by atoms with van der Waals surface area (Å²) in [6, 6.07) is 59.2. The Morgan fingerprint density at radius 3 is 1.22 bits per heavy atom. The maximum Gasteiger partial charge on any atom is 0.0468 e. The summed E-state index contributed by atoms with van der Waals surface area (Å²) in [4.78, 5) is 4.61. The summed E-state index contributed by atoms with van der Waals surface area (Å²) in [5, 5.41) is 9.98. The minimum absolute atomic E-state index is 1.12. The van der Waals surface area contributed by atoms with Crippen LogP contribution in [0.2, 0.25) is 0 Å². The molecule has 2 nitrogen and oxygen atoms in total. The van der Waals surface area contributed by atoms with Crippen molar-refractivity contribution < 1.29 is 0 Å². The monoisotopic (exact) mass is 592 g/mol. The van der Waals surface area contributed by atoms with Crippen molar-refractivity contribution in [3.05, 3.63) is 176 Å². The predicted molar refractivity (Wildman–Crippen MR) is 202 cm³/mol. The molecule has 8 rings (SSSR count). The minimum Gasteiger partial charge on any atom is -0.345 e. The first kappa shape index (κ1) is 28.9. The lowest BCUT2D eigenvalue weighted by Gasteiger charge is -2.27. The summed E-state index contributed by atoms with van der Waals surface area (Å²) in [6.07, 6.45) is 1.75. The molecule has 0 aliphatic heterocycles. The van der Waals surface area contributed by atoms with E-state index in [-0.39, 0.29) is 0 Å². The Kier molecular flexibility index (Phi) is 7.93. The van der Waals surface area contributed by atoms with Crippen LogP contribution in [0.1, 0.15) is 6.92 Å². The summed E-state index contributed by atoms with van der Waals surface area (Å²) in [5.74, 6) is 0. The second kappa shape index (κ2) is 12.6. The summed E-state index contributed by atoms with van der Waals surface area (Å²) in [6.45, 7) is 5.25. The van der Waals surface area contributed by atoms with Crippen LogP contribution in [-0.4, -0.2) is 7.05 Å². The van der Waals surface area contributed by atoms with Gasteiger partial charge in [0.05, 0.1) is 0 Å². The van der Waals surface area contributed by atoms with Crippen LogP contribution in [0.3, 0.4) is 0 Å². The molecule has 2 heteroatoms. The highest BCUT2D eigenvalue weighted by Crippen LogP contribution is 2.39. The van der Waals surface area contributed by atoms with E-state index in [0.717, 1.165) is 28.4 Å². The highest BCUT2D eigenvalue weighted by molar-refractivity contribution is 6.00. The topological polar surface area (TPSA) is 6.48 Å². The summed E-state index contributed by atoms with van der Waals surface area (Å²) >= 11 is 0. The van der Waals surface area contributed by atoms with Gasteiger partial charge < -0.3 is 9.80 Å². The van der Waals surface area contributed by atoms with E-state index in [9.17, 15) is 0 Å². The molecular formula is C44H36N2. The van der Waals surface area contributed by atoms with Crippen LogP contribution in [0, 0.1) is 0 Å². The van der Waals surface area contributed by atoms with Crippen molar-refractivity contribution in [3.63, 3.8) is 0 Å². The van der Waals surface area contributed by atoms with Crippen molar-refractivity contribution in [1.82, 2.24) is 0 Å². The number of allylic oxidation sites excluding steroid dienone is 1. The highest BCUT2D eigenvalue weighted by Gasteiger charge is 2.15. The van der Waals surface area contributed by atoms with Gasteiger partial charge in [0, 0.05) is 35.5 Å². The van der Waals surface area contributed by atoms with E-state index < -0.39 is 0 Å². The molecular weight excluding hydrogens is 556 g/mol. The quantitative estimate of drug-likeness (QED) is 0.145. The molecule has 0 aromatic heterocycles. The molecule has 46 heavy (non-hydrogen) atoms. The Labute approximate surface area is 271 Å². The normalized spacial score (nSPS) is 10.9. The maximum absolute atomic E-state index is 3.36. The molecule has 0 saturated carbocycles. The van der Waals surface area contributed by atoms with Gasteiger partial charge in [-0.1, -0.05) is 97.1 Å². The van der Waals surface area contributed by atoms with Crippen LogP contribution in [0.5, 0.6) is 0 Å². The average molecular weight is 593 g/mol. The number of hydrogen-bond donors (Lipinski definition) is 0. The Balaban J connectivity index is 0.00000109.